The van der Waals surface area contributed by atoms with Crippen LogP contribution in [-0.4, -0.2) is 18.0 Å². The Hall–Kier alpha value is -1.29. The number of rotatable bonds is 4. The van der Waals surface area contributed by atoms with Gasteiger partial charge in [0.2, 0.25) is 5.91 Å². The summed E-state index contributed by atoms with van der Waals surface area (Å²) >= 11 is 0. The summed E-state index contributed by atoms with van der Waals surface area (Å²) in [6, 6.07) is 3.96. The number of hydrogen-bond donors (Lipinski definition) is 2. The molecule has 0 unspecified atom stereocenters. The number of furan rings is 1. The molecule has 1 fully saturated rings. The SMILES string of the molecule is CC1(C)C(N)C(C)(C)C1NC(=O)CCc1ccco1. The average Bonchev–Trinajstić information content (AvgIpc) is 2.85. The molecular weight excluding hydrogens is 240 g/mol. The molecule has 0 aromatic carbocycles. The zero-order valence-corrected chi connectivity index (χ0v) is 12.2. The lowest BCUT2D eigenvalue weighted by Crippen LogP contribution is -2.76. The fourth-order valence-corrected chi connectivity index (χ4v) is 3.48. The first-order chi connectivity index (χ1) is 8.76. The summed E-state index contributed by atoms with van der Waals surface area (Å²) in [7, 11) is 0. The molecule has 3 N–H and O–H groups in total. The van der Waals surface area contributed by atoms with E-state index in [9.17, 15) is 4.79 Å². The van der Waals surface area contributed by atoms with Gasteiger partial charge in [-0.1, -0.05) is 27.7 Å². The van der Waals surface area contributed by atoms with E-state index in [-0.39, 0.29) is 28.8 Å². The number of carbonyl (C=O) groups excluding carboxylic acids is 1. The highest BCUT2D eigenvalue weighted by Gasteiger charge is 2.60. The van der Waals surface area contributed by atoms with Gasteiger partial charge in [-0.05, 0) is 12.1 Å². The van der Waals surface area contributed by atoms with Crippen LogP contribution in [0.5, 0.6) is 0 Å². The van der Waals surface area contributed by atoms with Crippen molar-refractivity contribution in [2.75, 3.05) is 0 Å². The third-order valence-corrected chi connectivity index (χ3v) is 4.58. The summed E-state index contributed by atoms with van der Waals surface area (Å²) in [6.45, 7) is 8.45. The summed E-state index contributed by atoms with van der Waals surface area (Å²) in [5.74, 6) is 0.911. The molecule has 1 heterocycles. The van der Waals surface area contributed by atoms with Crippen LogP contribution in [0.1, 0.15) is 39.9 Å². The van der Waals surface area contributed by atoms with Crippen LogP contribution in [0.3, 0.4) is 0 Å². The minimum absolute atomic E-state index is 0.0517. The molecular formula is C15H24N2O2. The number of nitrogens with one attached hydrogen (secondary N) is 1. The lowest BCUT2D eigenvalue weighted by molar-refractivity contribution is -0.132. The summed E-state index contributed by atoms with van der Waals surface area (Å²) in [5.41, 5.74) is 6.08. The third-order valence-electron chi connectivity index (χ3n) is 4.58. The monoisotopic (exact) mass is 264 g/mol. The van der Waals surface area contributed by atoms with E-state index in [0.717, 1.165) is 5.76 Å². The third kappa shape index (κ3) is 2.41. The fraction of sp³-hybridized carbons (Fsp3) is 0.667. The number of hydrogen-bond acceptors (Lipinski definition) is 3. The molecule has 106 valence electrons. The zero-order valence-electron chi connectivity index (χ0n) is 12.2. The Morgan fingerprint density at radius 1 is 1.37 bits per heavy atom. The van der Waals surface area contributed by atoms with E-state index in [2.05, 4.69) is 33.0 Å². The van der Waals surface area contributed by atoms with Gasteiger partial charge in [0.1, 0.15) is 5.76 Å². The number of amides is 1. The molecule has 1 aliphatic carbocycles. The highest BCUT2D eigenvalue weighted by molar-refractivity contribution is 5.77. The van der Waals surface area contributed by atoms with Crippen LogP contribution in [-0.2, 0) is 11.2 Å². The highest BCUT2D eigenvalue weighted by Crippen LogP contribution is 2.52. The van der Waals surface area contributed by atoms with Gasteiger partial charge >= 0.3 is 0 Å². The molecule has 0 bridgehead atoms. The molecule has 2 rings (SSSR count). The van der Waals surface area contributed by atoms with Crippen LogP contribution in [0.25, 0.3) is 0 Å². The minimum atomic E-state index is -0.0517. The Balaban J connectivity index is 1.89. The molecule has 1 aromatic rings. The van der Waals surface area contributed by atoms with Crippen molar-refractivity contribution < 1.29 is 9.21 Å². The molecule has 0 radical (unpaired) electrons. The smallest absolute Gasteiger partial charge is 0.220 e. The van der Waals surface area contributed by atoms with Crippen LogP contribution in [0.4, 0.5) is 0 Å². The predicted octanol–water partition coefficient (Wildman–Crippen LogP) is 2.09. The van der Waals surface area contributed by atoms with Crippen molar-refractivity contribution in [3.63, 3.8) is 0 Å². The second-order valence-electron chi connectivity index (χ2n) is 6.70. The molecule has 4 heteroatoms. The second kappa shape index (κ2) is 4.67. The summed E-state index contributed by atoms with van der Waals surface area (Å²) in [4.78, 5) is 12.0. The molecule has 0 saturated heterocycles. The van der Waals surface area contributed by atoms with Crippen molar-refractivity contribution in [1.29, 1.82) is 0 Å². The Morgan fingerprint density at radius 2 is 2.00 bits per heavy atom. The Labute approximate surface area is 114 Å². The molecule has 1 aromatic heterocycles. The van der Waals surface area contributed by atoms with E-state index < -0.39 is 0 Å². The maximum atomic E-state index is 12.0. The molecule has 19 heavy (non-hydrogen) atoms. The van der Waals surface area contributed by atoms with Gasteiger partial charge in [0.15, 0.2) is 0 Å². The first-order valence-electron chi connectivity index (χ1n) is 6.83. The van der Waals surface area contributed by atoms with Gasteiger partial charge in [0.25, 0.3) is 0 Å². The van der Waals surface area contributed by atoms with E-state index in [0.29, 0.717) is 12.8 Å². The molecule has 0 atom stereocenters. The highest BCUT2D eigenvalue weighted by atomic mass is 16.3. The summed E-state index contributed by atoms with van der Waals surface area (Å²) in [6.07, 6.45) is 2.72. The van der Waals surface area contributed by atoms with Gasteiger partial charge in [0.05, 0.1) is 6.26 Å². The normalized spacial score (nSPS) is 27.6. The molecule has 0 aliphatic heterocycles. The van der Waals surface area contributed by atoms with E-state index in [1.807, 2.05) is 12.1 Å². The zero-order chi connectivity index (χ0) is 14.3. The molecule has 1 amide bonds. The quantitative estimate of drug-likeness (QED) is 0.875. The second-order valence-corrected chi connectivity index (χ2v) is 6.70. The Bertz CT molecular complexity index is 433. The van der Waals surface area contributed by atoms with Crippen molar-refractivity contribution in [2.24, 2.45) is 16.6 Å². The standard InChI is InChI=1S/C15H24N2O2/c1-14(2)12(16)15(3,4)13(14)17-11(18)8-7-10-6-5-9-19-10/h5-6,9,12-13H,7-8,16H2,1-4H3,(H,17,18). The minimum Gasteiger partial charge on any atom is -0.469 e. The van der Waals surface area contributed by atoms with E-state index in [4.69, 9.17) is 10.2 Å². The van der Waals surface area contributed by atoms with Gasteiger partial charge in [-0.3, -0.25) is 4.79 Å². The Morgan fingerprint density at radius 3 is 2.53 bits per heavy atom. The summed E-state index contributed by atoms with van der Waals surface area (Å²) < 4.78 is 5.23. The van der Waals surface area contributed by atoms with Gasteiger partial charge in [-0.15, -0.1) is 0 Å². The largest absolute Gasteiger partial charge is 0.469 e. The van der Waals surface area contributed by atoms with Crippen LogP contribution >= 0.6 is 0 Å². The van der Waals surface area contributed by atoms with Gasteiger partial charge in [0, 0.05) is 35.8 Å². The number of aryl methyl sites for hydroxylation is 1. The average molecular weight is 264 g/mol. The van der Waals surface area contributed by atoms with Crippen LogP contribution in [0.2, 0.25) is 0 Å². The van der Waals surface area contributed by atoms with E-state index in [1.165, 1.54) is 0 Å². The molecule has 0 spiro atoms. The van der Waals surface area contributed by atoms with Crippen LogP contribution < -0.4 is 11.1 Å². The predicted molar refractivity (Wildman–Crippen MR) is 74.5 cm³/mol. The maximum absolute atomic E-state index is 12.0. The van der Waals surface area contributed by atoms with Crippen molar-refractivity contribution >= 4 is 5.91 Å². The molecule has 1 aliphatic rings. The lowest BCUT2D eigenvalue weighted by atomic mass is 9.48. The molecule has 4 nitrogen and oxygen atoms in total. The first-order valence-corrected chi connectivity index (χ1v) is 6.83. The van der Waals surface area contributed by atoms with Gasteiger partial charge in [-0.25, -0.2) is 0 Å². The van der Waals surface area contributed by atoms with Crippen molar-refractivity contribution in [3.05, 3.63) is 24.2 Å². The number of nitrogens with two attached hydrogens (primary N) is 1. The maximum Gasteiger partial charge on any atom is 0.220 e. The van der Waals surface area contributed by atoms with Crippen molar-refractivity contribution in [2.45, 2.75) is 52.6 Å². The van der Waals surface area contributed by atoms with Crippen molar-refractivity contribution in [3.8, 4) is 0 Å². The summed E-state index contributed by atoms with van der Waals surface area (Å²) in [5, 5.41) is 3.13. The number of carbonyl (C=O) groups is 1. The van der Waals surface area contributed by atoms with Crippen molar-refractivity contribution in [1.82, 2.24) is 5.32 Å². The fourth-order valence-electron chi connectivity index (χ4n) is 3.48. The van der Waals surface area contributed by atoms with E-state index in [1.54, 1.807) is 6.26 Å². The lowest BCUT2D eigenvalue weighted by Gasteiger charge is -2.62. The Kier molecular flexibility index (Phi) is 3.47. The van der Waals surface area contributed by atoms with Crippen LogP contribution in [0, 0.1) is 10.8 Å². The topological polar surface area (TPSA) is 68.3 Å². The first kappa shape index (κ1) is 14.1. The van der Waals surface area contributed by atoms with Crippen LogP contribution in [0.15, 0.2) is 22.8 Å². The van der Waals surface area contributed by atoms with Gasteiger partial charge in [-0.2, -0.15) is 0 Å². The van der Waals surface area contributed by atoms with E-state index >= 15 is 0 Å². The van der Waals surface area contributed by atoms with Gasteiger partial charge < -0.3 is 15.5 Å². The molecule has 1 saturated carbocycles.